The van der Waals surface area contributed by atoms with Gasteiger partial charge in [-0.1, -0.05) is 82.8 Å². The molecule has 1 fully saturated rings. The molecular formula is C23H40O3S. The predicted octanol–water partition coefficient (Wildman–Crippen LogP) is 6.64. The van der Waals surface area contributed by atoms with E-state index in [-0.39, 0.29) is 22.8 Å². The second-order valence-electron chi connectivity index (χ2n) is 7.69. The second-order valence-corrected chi connectivity index (χ2v) is 8.78. The SMILES string of the molecule is CCCCCCCCCCCCC/C=C1\CCCC(=O)[C@H]1SCC(=O)OC. The zero-order chi connectivity index (χ0) is 19.7. The molecule has 1 aliphatic rings. The Hall–Kier alpha value is -0.770. The lowest BCUT2D eigenvalue weighted by Crippen LogP contribution is -2.25. The minimum absolute atomic E-state index is 0.120. The summed E-state index contributed by atoms with van der Waals surface area (Å²) in [4.78, 5) is 23.6. The van der Waals surface area contributed by atoms with E-state index in [1.54, 1.807) is 0 Å². The van der Waals surface area contributed by atoms with Crippen LogP contribution in [0.1, 0.15) is 103 Å². The summed E-state index contributed by atoms with van der Waals surface area (Å²) in [6.45, 7) is 2.27. The van der Waals surface area contributed by atoms with Gasteiger partial charge in [-0.05, 0) is 25.7 Å². The molecule has 0 saturated heterocycles. The number of ketones is 1. The van der Waals surface area contributed by atoms with E-state index < -0.39 is 0 Å². The van der Waals surface area contributed by atoms with Gasteiger partial charge in [0.1, 0.15) is 5.78 Å². The van der Waals surface area contributed by atoms with Gasteiger partial charge >= 0.3 is 5.97 Å². The van der Waals surface area contributed by atoms with E-state index >= 15 is 0 Å². The van der Waals surface area contributed by atoms with Crippen LogP contribution < -0.4 is 0 Å². The van der Waals surface area contributed by atoms with Crippen LogP contribution in [0.25, 0.3) is 0 Å². The highest BCUT2D eigenvalue weighted by Crippen LogP contribution is 2.31. The Balaban J connectivity index is 2.13. The van der Waals surface area contributed by atoms with Crippen molar-refractivity contribution in [1.29, 1.82) is 0 Å². The third kappa shape index (κ3) is 11.6. The first kappa shape index (κ1) is 24.3. The first-order valence-electron chi connectivity index (χ1n) is 11.1. The number of ether oxygens (including phenoxy) is 1. The summed E-state index contributed by atoms with van der Waals surface area (Å²) in [7, 11) is 1.40. The molecule has 1 atom stereocenters. The molecule has 3 nitrogen and oxygen atoms in total. The van der Waals surface area contributed by atoms with Crippen LogP contribution in [-0.2, 0) is 14.3 Å². The zero-order valence-corrected chi connectivity index (χ0v) is 18.4. The standard InChI is InChI=1S/C23H40O3S/c1-3-4-5-6-7-8-9-10-11-12-13-14-16-20-17-15-18-21(24)23(20)27-19-22(25)26-2/h16,23H,3-15,17-19H2,1-2H3/b20-16+/t23-/m0/s1. The Labute approximate surface area is 171 Å². The highest BCUT2D eigenvalue weighted by atomic mass is 32.2. The maximum atomic E-state index is 12.2. The number of hydrogen-bond acceptors (Lipinski definition) is 4. The molecule has 0 radical (unpaired) electrons. The Morgan fingerprint density at radius 1 is 1.00 bits per heavy atom. The lowest BCUT2D eigenvalue weighted by atomic mass is 9.92. The lowest BCUT2D eigenvalue weighted by Gasteiger charge is -2.23. The van der Waals surface area contributed by atoms with Crippen LogP contribution in [0.4, 0.5) is 0 Å². The first-order valence-corrected chi connectivity index (χ1v) is 12.1. The summed E-state index contributed by atoms with van der Waals surface area (Å²) in [6.07, 6.45) is 20.9. The van der Waals surface area contributed by atoms with Crippen LogP contribution in [0.3, 0.4) is 0 Å². The summed E-state index contributed by atoms with van der Waals surface area (Å²) in [6, 6.07) is 0. The fraction of sp³-hybridized carbons (Fsp3) is 0.826. The summed E-state index contributed by atoms with van der Waals surface area (Å²) >= 11 is 1.44. The molecule has 0 amide bonds. The highest BCUT2D eigenvalue weighted by molar-refractivity contribution is 8.01. The van der Waals surface area contributed by atoms with Gasteiger partial charge in [0, 0.05) is 6.42 Å². The van der Waals surface area contributed by atoms with Crippen molar-refractivity contribution in [3.05, 3.63) is 11.6 Å². The zero-order valence-electron chi connectivity index (χ0n) is 17.6. The summed E-state index contributed by atoms with van der Waals surface area (Å²) < 4.78 is 4.70. The normalized spacial score (nSPS) is 18.8. The predicted molar refractivity (Wildman–Crippen MR) is 116 cm³/mol. The van der Waals surface area contributed by atoms with Crippen molar-refractivity contribution < 1.29 is 14.3 Å². The van der Waals surface area contributed by atoms with Crippen LogP contribution in [0.15, 0.2) is 11.6 Å². The van der Waals surface area contributed by atoms with Crippen molar-refractivity contribution >= 4 is 23.5 Å². The minimum Gasteiger partial charge on any atom is -0.468 e. The number of unbranched alkanes of at least 4 members (excludes halogenated alkanes) is 11. The van der Waals surface area contributed by atoms with E-state index in [0.717, 1.165) is 19.3 Å². The number of Topliss-reactive ketones (excluding diaryl/α,β-unsaturated/α-hetero) is 1. The molecule has 1 saturated carbocycles. The first-order chi connectivity index (χ1) is 13.2. The van der Waals surface area contributed by atoms with Gasteiger partial charge in [-0.3, -0.25) is 9.59 Å². The van der Waals surface area contributed by atoms with E-state index in [0.29, 0.717) is 6.42 Å². The average Bonchev–Trinajstić information content (AvgIpc) is 2.68. The molecule has 4 heteroatoms. The quantitative estimate of drug-likeness (QED) is 0.177. The van der Waals surface area contributed by atoms with Gasteiger partial charge < -0.3 is 4.74 Å². The van der Waals surface area contributed by atoms with Crippen molar-refractivity contribution in [2.75, 3.05) is 12.9 Å². The molecule has 0 spiro atoms. The fourth-order valence-electron chi connectivity index (χ4n) is 3.65. The van der Waals surface area contributed by atoms with Gasteiger partial charge in [-0.25, -0.2) is 0 Å². The third-order valence-electron chi connectivity index (χ3n) is 5.33. The molecule has 156 valence electrons. The van der Waals surface area contributed by atoms with Crippen molar-refractivity contribution in [2.24, 2.45) is 0 Å². The number of carbonyl (C=O) groups is 2. The number of carbonyl (C=O) groups excluding carboxylic acids is 2. The van der Waals surface area contributed by atoms with Crippen LogP contribution in [0, 0.1) is 0 Å². The van der Waals surface area contributed by atoms with Crippen molar-refractivity contribution in [2.45, 2.75) is 108 Å². The number of rotatable bonds is 15. The molecule has 0 aromatic heterocycles. The van der Waals surface area contributed by atoms with Gasteiger partial charge in [0.15, 0.2) is 0 Å². The van der Waals surface area contributed by atoms with Gasteiger partial charge in [0.2, 0.25) is 0 Å². The number of esters is 1. The lowest BCUT2D eigenvalue weighted by molar-refractivity contribution is -0.137. The van der Waals surface area contributed by atoms with Gasteiger partial charge in [-0.2, -0.15) is 0 Å². The van der Waals surface area contributed by atoms with Gasteiger partial charge in [0.25, 0.3) is 0 Å². The maximum absolute atomic E-state index is 12.2. The fourth-order valence-corrected chi connectivity index (χ4v) is 4.80. The van der Waals surface area contributed by atoms with Crippen LogP contribution >= 0.6 is 11.8 Å². The van der Waals surface area contributed by atoms with Crippen molar-refractivity contribution in [3.8, 4) is 0 Å². The minimum atomic E-state index is -0.247. The Bertz CT molecular complexity index is 445. The number of thioether (sulfide) groups is 1. The summed E-state index contributed by atoms with van der Waals surface area (Å²) in [5, 5.41) is -0.120. The second kappa shape index (κ2) is 16.2. The molecule has 1 aliphatic carbocycles. The topological polar surface area (TPSA) is 43.4 Å². The van der Waals surface area contributed by atoms with Crippen LogP contribution in [0.2, 0.25) is 0 Å². The largest absolute Gasteiger partial charge is 0.468 e. The third-order valence-corrected chi connectivity index (χ3v) is 6.63. The molecule has 0 aromatic rings. The molecule has 0 bridgehead atoms. The Morgan fingerprint density at radius 2 is 1.59 bits per heavy atom. The molecule has 1 rings (SSSR count). The van der Waals surface area contributed by atoms with E-state index in [1.807, 2.05) is 0 Å². The van der Waals surface area contributed by atoms with E-state index in [9.17, 15) is 9.59 Å². The smallest absolute Gasteiger partial charge is 0.315 e. The number of methoxy groups -OCH3 is 1. The summed E-state index contributed by atoms with van der Waals surface area (Å²) in [5.41, 5.74) is 1.24. The molecule has 27 heavy (non-hydrogen) atoms. The van der Waals surface area contributed by atoms with Crippen LogP contribution in [-0.4, -0.2) is 29.9 Å². The maximum Gasteiger partial charge on any atom is 0.315 e. The molecule has 0 aromatic carbocycles. The van der Waals surface area contributed by atoms with Crippen molar-refractivity contribution in [1.82, 2.24) is 0 Å². The molecule has 0 unspecified atom stereocenters. The van der Waals surface area contributed by atoms with Gasteiger partial charge in [0.05, 0.1) is 18.1 Å². The van der Waals surface area contributed by atoms with E-state index in [2.05, 4.69) is 13.0 Å². The Kier molecular flexibility index (Phi) is 14.6. The molecule has 0 aliphatic heterocycles. The highest BCUT2D eigenvalue weighted by Gasteiger charge is 2.27. The molecule has 0 N–H and O–H groups in total. The summed E-state index contributed by atoms with van der Waals surface area (Å²) in [5.74, 6) is 0.298. The van der Waals surface area contributed by atoms with E-state index in [4.69, 9.17) is 4.74 Å². The van der Waals surface area contributed by atoms with Crippen molar-refractivity contribution in [3.63, 3.8) is 0 Å². The number of hydrogen-bond donors (Lipinski definition) is 0. The number of allylic oxidation sites excluding steroid dienone is 1. The van der Waals surface area contributed by atoms with Gasteiger partial charge in [-0.15, -0.1) is 11.8 Å². The van der Waals surface area contributed by atoms with E-state index in [1.165, 1.54) is 95.1 Å². The van der Waals surface area contributed by atoms with Crippen LogP contribution in [0.5, 0.6) is 0 Å². The molecular weight excluding hydrogens is 356 g/mol. The Morgan fingerprint density at radius 3 is 2.19 bits per heavy atom. The monoisotopic (exact) mass is 396 g/mol. The molecule has 0 heterocycles. The average molecular weight is 397 g/mol.